The molecule has 0 unspecified atom stereocenters. The molecule has 0 aliphatic carbocycles. The highest BCUT2D eigenvalue weighted by molar-refractivity contribution is 5.59. The third-order valence-electron chi connectivity index (χ3n) is 2.13. The Hall–Kier alpha value is -1.57. The highest BCUT2D eigenvalue weighted by Gasteiger charge is 2.00. The number of aromatic nitrogens is 2. The zero-order valence-electron chi connectivity index (χ0n) is 7.86. The van der Waals surface area contributed by atoms with Gasteiger partial charge in [0.1, 0.15) is 0 Å². The van der Waals surface area contributed by atoms with Crippen molar-refractivity contribution >= 4 is 0 Å². The quantitative estimate of drug-likeness (QED) is 0.645. The third kappa shape index (κ3) is 1.47. The fraction of sp³-hybridized carbons (Fsp3) is 0.182. The monoisotopic (exact) mass is 172 g/mol. The van der Waals surface area contributed by atoms with E-state index in [0.29, 0.717) is 0 Å². The smallest absolute Gasteiger partial charge is 0.0678 e. The SMILES string of the molecule is Cc1cccc(-c2ccnn2C)c1. The summed E-state index contributed by atoms with van der Waals surface area (Å²) in [6, 6.07) is 10.5. The van der Waals surface area contributed by atoms with Crippen LogP contribution in [-0.2, 0) is 7.05 Å². The van der Waals surface area contributed by atoms with Gasteiger partial charge in [-0.1, -0.05) is 23.8 Å². The minimum absolute atomic E-state index is 1.16. The van der Waals surface area contributed by atoms with Gasteiger partial charge in [0.25, 0.3) is 0 Å². The third-order valence-corrected chi connectivity index (χ3v) is 2.13. The molecular formula is C11H12N2. The summed E-state index contributed by atoms with van der Waals surface area (Å²) in [5.41, 5.74) is 3.66. The molecule has 0 atom stereocenters. The molecule has 0 fully saturated rings. The van der Waals surface area contributed by atoms with E-state index in [-0.39, 0.29) is 0 Å². The first-order valence-corrected chi connectivity index (χ1v) is 4.32. The minimum Gasteiger partial charge on any atom is -0.268 e. The molecule has 0 bridgehead atoms. The standard InChI is InChI=1S/C11H12N2/c1-9-4-3-5-10(8-9)11-6-7-12-13(11)2/h3-8H,1-2H3. The molecule has 2 rings (SSSR count). The van der Waals surface area contributed by atoms with E-state index in [1.165, 1.54) is 11.1 Å². The second-order valence-electron chi connectivity index (χ2n) is 3.21. The fourth-order valence-electron chi connectivity index (χ4n) is 1.46. The van der Waals surface area contributed by atoms with E-state index in [9.17, 15) is 0 Å². The average molecular weight is 172 g/mol. The van der Waals surface area contributed by atoms with Gasteiger partial charge >= 0.3 is 0 Å². The number of benzene rings is 1. The lowest BCUT2D eigenvalue weighted by Gasteiger charge is -2.02. The van der Waals surface area contributed by atoms with Crippen LogP contribution in [0.4, 0.5) is 0 Å². The van der Waals surface area contributed by atoms with Gasteiger partial charge in [-0.25, -0.2) is 0 Å². The molecule has 13 heavy (non-hydrogen) atoms. The summed E-state index contributed by atoms with van der Waals surface area (Å²) in [6.45, 7) is 2.10. The Morgan fingerprint density at radius 2 is 2.08 bits per heavy atom. The topological polar surface area (TPSA) is 17.8 Å². The zero-order valence-corrected chi connectivity index (χ0v) is 7.86. The first-order chi connectivity index (χ1) is 6.27. The van der Waals surface area contributed by atoms with Gasteiger partial charge in [-0.05, 0) is 19.1 Å². The van der Waals surface area contributed by atoms with Gasteiger partial charge in [-0.2, -0.15) is 5.10 Å². The normalized spacial score (nSPS) is 10.3. The van der Waals surface area contributed by atoms with Gasteiger partial charge in [0.15, 0.2) is 0 Å². The summed E-state index contributed by atoms with van der Waals surface area (Å²) < 4.78 is 1.88. The van der Waals surface area contributed by atoms with Crippen molar-refractivity contribution in [1.29, 1.82) is 0 Å². The second-order valence-corrected chi connectivity index (χ2v) is 3.21. The van der Waals surface area contributed by atoms with E-state index in [4.69, 9.17) is 0 Å². The van der Waals surface area contributed by atoms with Gasteiger partial charge in [0.2, 0.25) is 0 Å². The largest absolute Gasteiger partial charge is 0.268 e. The molecule has 1 aromatic carbocycles. The average Bonchev–Trinajstić information content (AvgIpc) is 2.51. The number of hydrogen-bond donors (Lipinski definition) is 0. The van der Waals surface area contributed by atoms with E-state index in [1.807, 2.05) is 24.0 Å². The predicted molar refractivity (Wildman–Crippen MR) is 53.4 cm³/mol. The lowest BCUT2D eigenvalue weighted by Crippen LogP contribution is -1.93. The number of nitrogens with zero attached hydrogens (tertiary/aromatic N) is 2. The van der Waals surface area contributed by atoms with E-state index in [2.05, 4.69) is 36.3 Å². The maximum atomic E-state index is 4.14. The molecule has 0 saturated carbocycles. The lowest BCUT2D eigenvalue weighted by atomic mass is 10.1. The van der Waals surface area contributed by atoms with E-state index in [1.54, 1.807) is 0 Å². The van der Waals surface area contributed by atoms with E-state index < -0.39 is 0 Å². The first-order valence-electron chi connectivity index (χ1n) is 4.32. The molecule has 2 aromatic rings. The molecule has 66 valence electrons. The molecule has 0 spiro atoms. The van der Waals surface area contributed by atoms with Crippen molar-refractivity contribution in [3.8, 4) is 11.3 Å². The Morgan fingerprint density at radius 1 is 1.23 bits per heavy atom. The molecule has 1 aromatic heterocycles. The van der Waals surface area contributed by atoms with Crippen molar-refractivity contribution in [2.45, 2.75) is 6.92 Å². The molecule has 0 aliphatic heterocycles. The van der Waals surface area contributed by atoms with Crippen LogP contribution < -0.4 is 0 Å². The number of aryl methyl sites for hydroxylation is 2. The van der Waals surface area contributed by atoms with Crippen molar-refractivity contribution in [3.05, 3.63) is 42.1 Å². The molecule has 1 heterocycles. The van der Waals surface area contributed by atoms with E-state index in [0.717, 1.165) is 5.69 Å². The van der Waals surface area contributed by atoms with Crippen LogP contribution >= 0.6 is 0 Å². The van der Waals surface area contributed by atoms with Gasteiger partial charge in [-0.3, -0.25) is 4.68 Å². The molecule has 0 radical (unpaired) electrons. The number of hydrogen-bond acceptors (Lipinski definition) is 1. The first kappa shape index (κ1) is 8.05. The lowest BCUT2D eigenvalue weighted by molar-refractivity contribution is 0.776. The summed E-state index contributed by atoms with van der Waals surface area (Å²) in [5, 5.41) is 4.14. The minimum atomic E-state index is 1.16. The van der Waals surface area contributed by atoms with Crippen LogP contribution in [0.2, 0.25) is 0 Å². The van der Waals surface area contributed by atoms with Gasteiger partial charge in [-0.15, -0.1) is 0 Å². The van der Waals surface area contributed by atoms with Crippen molar-refractivity contribution in [2.24, 2.45) is 7.05 Å². The summed E-state index contributed by atoms with van der Waals surface area (Å²) >= 11 is 0. The molecule has 0 N–H and O–H groups in total. The molecule has 2 nitrogen and oxygen atoms in total. The van der Waals surface area contributed by atoms with Gasteiger partial charge in [0.05, 0.1) is 5.69 Å². The Balaban J connectivity index is 2.53. The predicted octanol–water partition coefficient (Wildman–Crippen LogP) is 2.40. The summed E-state index contributed by atoms with van der Waals surface area (Å²) in [5.74, 6) is 0. The summed E-state index contributed by atoms with van der Waals surface area (Å²) in [7, 11) is 1.96. The van der Waals surface area contributed by atoms with Crippen LogP contribution in [0.25, 0.3) is 11.3 Å². The summed E-state index contributed by atoms with van der Waals surface area (Å²) in [4.78, 5) is 0. The van der Waals surface area contributed by atoms with Gasteiger partial charge in [0, 0.05) is 18.8 Å². The Kier molecular flexibility index (Phi) is 1.89. The summed E-state index contributed by atoms with van der Waals surface area (Å²) in [6.07, 6.45) is 1.82. The van der Waals surface area contributed by atoms with Crippen molar-refractivity contribution in [2.75, 3.05) is 0 Å². The number of rotatable bonds is 1. The zero-order chi connectivity index (χ0) is 9.26. The maximum absolute atomic E-state index is 4.14. The van der Waals surface area contributed by atoms with Crippen LogP contribution in [0, 0.1) is 6.92 Å². The maximum Gasteiger partial charge on any atom is 0.0678 e. The van der Waals surface area contributed by atoms with Gasteiger partial charge < -0.3 is 0 Å². The van der Waals surface area contributed by atoms with E-state index >= 15 is 0 Å². The van der Waals surface area contributed by atoms with Crippen LogP contribution in [-0.4, -0.2) is 9.78 Å². The molecule has 2 heteroatoms. The Morgan fingerprint density at radius 3 is 2.69 bits per heavy atom. The molecule has 0 saturated heterocycles. The highest BCUT2D eigenvalue weighted by atomic mass is 15.2. The highest BCUT2D eigenvalue weighted by Crippen LogP contribution is 2.18. The Bertz CT molecular complexity index is 416. The second kappa shape index (κ2) is 3.05. The van der Waals surface area contributed by atoms with Crippen LogP contribution in [0.1, 0.15) is 5.56 Å². The Labute approximate surface area is 77.8 Å². The molecule has 0 amide bonds. The van der Waals surface area contributed by atoms with Crippen molar-refractivity contribution in [3.63, 3.8) is 0 Å². The molecule has 0 aliphatic rings. The van der Waals surface area contributed by atoms with Crippen molar-refractivity contribution in [1.82, 2.24) is 9.78 Å². The van der Waals surface area contributed by atoms with Crippen LogP contribution in [0.15, 0.2) is 36.5 Å². The van der Waals surface area contributed by atoms with Crippen LogP contribution in [0.3, 0.4) is 0 Å². The fourth-order valence-corrected chi connectivity index (χ4v) is 1.46. The molecular weight excluding hydrogens is 160 g/mol. The van der Waals surface area contributed by atoms with Crippen LogP contribution in [0.5, 0.6) is 0 Å². The van der Waals surface area contributed by atoms with Crippen molar-refractivity contribution < 1.29 is 0 Å².